The number of hydrogen-bond donors (Lipinski definition) is 1. The van der Waals surface area contributed by atoms with Crippen LogP contribution in [-0.2, 0) is 5.41 Å². The van der Waals surface area contributed by atoms with Crippen molar-refractivity contribution in [2.24, 2.45) is 0 Å². The molecule has 6 aromatic rings. The zero-order valence-corrected chi connectivity index (χ0v) is 19.5. The number of benzene rings is 6. The molecule has 9 rings (SSSR count). The van der Waals surface area contributed by atoms with Gasteiger partial charge >= 0.3 is 0 Å². The first-order valence-electron chi connectivity index (χ1n) is 12.6. The van der Waals surface area contributed by atoms with E-state index in [1.54, 1.807) is 0 Å². The number of rotatable bonds is 0. The monoisotopic (exact) mass is 455 g/mol. The van der Waals surface area contributed by atoms with Crippen molar-refractivity contribution in [1.82, 2.24) is 0 Å². The maximum atomic E-state index is 3.71. The minimum absolute atomic E-state index is 0.320. The smallest absolute Gasteiger partial charge is 0.0725 e. The van der Waals surface area contributed by atoms with Crippen molar-refractivity contribution in [2.45, 2.75) is 5.41 Å². The van der Waals surface area contributed by atoms with Gasteiger partial charge < -0.3 is 5.32 Å². The summed E-state index contributed by atoms with van der Waals surface area (Å²) in [5, 5.41) is 6.36. The van der Waals surface area contributed by atoms with Gasteiger partial charge in [-0.2, -0.15) is 0 Å². The van der Waals surface area contributed by atoms with Crippen molar-refractivity contribution in [3.63, 3.8) is 0 Å². The zero-order valence-electron chi connectivity index (χ0n) is 19.5. The molecule has 6 aromatic carbocycles. The van der Waals surface area contributed by atoms with Crippen LogP contribution in [0, 0.1) is 0 Å². The fourth-order valence-corrected chi connectivity index (χ4v) is 7.35. The van der Waals surface area contributed by atoms with E-state index in [9.17, 15) is 0 Å². The molecule has 0 saturated heterocycles. The Bertz CT molecular complexity index is 1880. The molecule has 1 spiro atoms. The van der Waals surface area contributed by atoms with Crippen LogP contribution < -0.4 is 5.32 Å². The zero-order chi connectivity index (χ0) is 23.4. The Morgan fingerprint density at radius 2 is 0.972 bits per heavy atom. The molecule has 0 bridgehead atoms. The Labute approximate surface area is 209 Å². The molecule has 166 valence electrons. The molecule has 0 atom stereocenters. The maximum absolute atomic E-state index is 3.71. The van der Waals surface area contributed by atoms with Gasteiger partial charge in [-0.15, -0.1) is 0 Å². The Hall–Kier alpha value is -4.62. The number of anilines is 2. The molecule has 1 heterocycles. The lowest BCUT2D eigenvalue weighted by molar-refractivity contribution is 0.794. The highest BCUT2D eigenvalue weighted by atomic mass is 14.9. The van der Waals surface area contributed by atoms with Crippen LogP contribution in [0.5, 0.6) is 0 Å². The third-order valence-electron chi connectivity index (χ3n) is 8.60. The summed E-state index contributed by atoms with van der Waals surface area (Å²) in [5.74, 6) is 0. The quantitative estimate of drug-likeness (QED) is 0.241. The highest BCUT2D eigenvalue weighted by Crippen LogP contribution is 2.65. The van der Waals surface area contributed by atoms with Crippen LogP contribution in [0.4, 0.5) is 11.4 Å². The molecule has 0 saturated carbocycles. The van der Waals surface area contributed by atoms with Crippen molar-refractivity contribution in [1.29, 1.82) is 0 Å². The first kappa shape index (κ1) is 18.7. The van der Waals surface area contributed by atoms with Gasteiger partial charge in [0, 0.05) is 22.3 Å². The van der Waals surface area contributed by atoms with Crippen molar-refractivity contribution < 1.29 is 0 Å². The summed E-state index contributed by atoms with van der Waals surface area (Å²) in [6, 6.07) is 45.1. The molecule has 1 nitrogen and oxygen atoms in total. The third-order valence-corrected chi connectivity index (χ3v) is 8.60. The fraction of sp³-hybridized carbons (Fsp3) is 0.0286. The van der Waals surface area contributed by atoms with Crippen LogP contribution >= 0.6 is 0 Å². The van der Waals surface area contributed by atoms with E-state index in [-0.39, 0.29) is 5.41 Å². The van der Waals surface area contributed by atoms with Gasteiger partial charge in [-0.3, -0.25) is 0 Å². The molecule has 3 aliphatic rings. The standard InChI is InChI=1S/C35H21N/c1-5-15-27-21(10-1)22-11-2-6-16-28(22)35(27)29-17-7-3-13-24(29)33-25-14-9-19-32-34(25)26(20-30(33)35)23-12-4-8-18-31(23)36-32/h1-20,36H. The van der Waals surface area contributed by atoms with Gasteiger partial charge in [0.2, 0.25) is 0 Å². The average Bonchev–Trinajstić information content (AvgIpc) is 3.41. The van der Waals surface area contributed by atoms with Gasteiger partial charge in [0.05, 0.1) is 5.41 Å². The Kier molecular flexibility index (Phi) is 3.28. The van der Waals surface area contributed by atoms with Gasteiger partial charge in [-0.1, -0.05) is 103 Å². The summed E-state index contributed by atoms with van der Waals surface area (Å²) in [6.45, 7) is 0. The summed E-state index contributed by atoms with van der Waals surface area (Å²) in [5.41, 5.74) is 15.6. The largest absolute Gasteiger partial charge is 0.354 e. The van der Waals surface area contributed by atoms with E-state index in [1.165, 1.54) is 77.8 Å². The van der Waals surface area contributed by atoms with Crippen LogP contribution in [0.2, 0.25) is 0 Å². The molecule has 0 fully saturated rings. The third kappa shape index (κ3) is 1.98. The molecule has 0 aromatic heterocycles. The molecular formula is C35H21N. The predicted octanol–water partition coefficient (Wildman–Crippen LogP) is 8.91. The van der Waals surface area contributed by atoms with E-state index in [4.69, 9.17) is 0 Å². The summed E-state index contributed by atoms with van der Waals surface area (Å²) >= 11 is 0. The molecule has 2 aliphatic carbocycles. The van der Waals surface area contributed by atoms with Crippen molar-refractivity contribution in [2.75, 3.05) is 5.32 Å². The first-order chi connectivity index (χ1) is 17.9. The topological polar surface area (TPSA) is 12.0 Å². The number of hydrogen-bond acceptors (Lipinski definition) is 1. The molecule has 1 aliphatic heterocycles. The highest BCUT2D eigenvalue weighted by Gasteiger charge is 2.52. The number of fused-ring (bicyclic) bond motifs is 13. The van der Waals surface area contributed by atoms with E-state index in [0.29, 0.717) is 0 Å². The van der Waals surface area contributed by atoms with Crippen molar-refractivity contribution >= 4 is 22.1 Å². The highest BCUT2D eigenvalue weighted by molar-refractivity contribution is 6.18. The van der Waals surface area contributed by atoms with Gasteiger partial charge in [0.1, 0.15) is 0 Å². The van der Waals surface area contributed by atoms with Gasteiger partial charge in [-0.05, 0) is 73.7 Å². The van der Waals surface area contributed by atoms with Crippen molar-refractivity contribution in [3.8, 4) is 33.4 Å². The van der Waals surface area contributed by atoms with Crippen LogP contribution in [0.3, 0.4) is 0 Å². The lowest BCUT2D eigenvalue weighted by Gasteiger charge is -2.32. The predicted molar refractivity (Wildman–Crippen MR) is 149 cm³/mol. The van der Waals surface area contributed by atoms with Crippen LogP contribution in [0.25, 0.3) is 44.2 Å². The normalized spacial score (nSPS) is 14.6. The molecule has 36 heavy (non-hydrogen) atoms. The van der Waals surface area contributed by atoms with Crippen LogP contribution in [-0.4, -0.2) is 0 Å². The number of para-hydroxylation sites is 1. The van der Waals surface area contributed by atoms with E-state index >= 15 is 0 Å². The first-order valence-corrected chi connectivity index (χ1v) is 12.6. The SMILES string of the molecule is c1ccc2c(c1)Nc1cccc3c4c(cc-2c13)C1(c2ccccc2-c2ccccc21)c1ccccc1-4. The molecule has 0 radical (unpaired) electrons. The summed E-state index contributed by atoms with van der Waals surface area (Å²) in [7, 11) is 0. The summed E-state index contributed by atoms with van der Waals surface area (Å²) < 4.78 is 0. The van der Waals surface area contributed by atoms with Crippen LogP contribution in [0.15, 0.2) is 121 Å². The molecular weight excluding hydrogens is 434 g/mol. The summed E-state index contributed by atoms with van der Waals surface area (Å²) in [4.78, 5) is 0. The Morgan fingerprint density at radius 3 is 1.69 bits per heavy atom. The van der Waals surface area contributed by atoms with Crippen LogP contribution in [0.1, 0.15) is 22.3 Å². The van der Waals surface area contributed by atoms with Gasteiger partial charge in [-0.25, -0.2) is 0 Å². The average molecular weight is 456 g/mol. The van der Waals surface area contributed by atoms with E-state index in [0.717, 1.165) is 0 Å². The minimum atomic E-state index is -0.320. The Balaban J connectivity index is 1.54. The van der Waals surface area contributed by atoms with E-state index in [1.807, 2.05) is 0 Å². The minimum Gasteiger partial charge on any atom is -0.354 e. The molecule has 0 unspecified atom stereocenters. The van der Waals surface area contributed by atoms with E-state index in [2.05, 4.69) is 127 Å². The second kappa shape index (κ2) is 6.33. The van der Waals surface area contributed by atoms with E-state index < -0.39 is 0 Å². The maximum Gasteiger partial charge on any atom is 0.0725 e. The Morgan fingerprint density at radius 1 is 0.417 bits per heavy atom. The fourth-order valence-electron chi connectivity index (χ4n) is 7.35. The second-order valence-corrected chi connectivity index (χ2v) is 10.1. The summed E-state index contributed by atoms with van der Waals surface area (Å²) in [6.07, 6.45) is 0. The second-order valence-electron chi connectivity index (χ2n) is 10.1. The lowest BCUT2D eigenvalue weighted by atomic mass is 9.70. The molecule has 0 amide bonds. The van der Waals surface area contributed by atoms with Gasteiger partial charge in [0.25, 0.3) is 0 Å². The van der Waals surface area contributed by atoms with Gasteiger partial charge in [0.15, 0.2) is 0 Å². The lowest BCUT2D eigenvalue weighted by Crippen LogP contribution is -2.26. The molecule has 1 N–H and O–H groups in total. The van der Waals surface area contributed by atoms with Crippen molar-refractivity contribution in [3.05, 3.63) is 144 Å². The molecule has 1 heteroatoms. The number of nitrogens with one attached hydrogen (secondary N) is 1.